The number of anilines is 1. The molecule has 10 heteroatoms. The van der Waals surface area contributed by atoms with E-state index in [1.165, 1.54) is 0 Å². The van der Waals surface area contributed by atoms with Gasteiger partial charge in [0.1, 0.15) is 4.70 Å². The quantitative estimate of drug-likeness (QED) is 0.433. The zero-order valence-electron chi connectivity index (χ0n) is 10.7. The van der Waals surface area contributed by atoms with Gasteiger partial charge in [-0.25, -0.2) is 23.1 Å². The number of benzene rings is 1. The summed E-state index contributed by atoms with van der Waals surface area (Å²) in [4.78, 5) is 22.3. The predicted molar refractivity (Wildman–Crippen MR) is 78.3 cm³/mol. The molecular formula is C12H7F3N4OS2. The largest absolute Gasteiger partial charge is 0.375 e. The topological polar surface area (TPSA) is 84.7 Å². The second-order valence-corrected chi connectivity index (χ2v) is 6.19. The number of thioether (sulfide) groups is 1. The molecule has 0 atom stereocenters. The lowest BCUT2D eigenvalue weighted by atomic mass is 10.2. The molecule has 0 unspecified atom stereocenters. The number of aromatic amines is 1. The molecule has 0 radical (unpaired) electrons. The van der Waals surface area contributed by atoms with Gasteiger partial charge in [-0.3, -0.25) is 4.79 Å². The highest BCUT2D eigenvalue weighted by Gasteiger charge is 2.15. The lowest BCUT2D eigenvalue weighted by molar-refractivity contribution is 0.443. The van der Waals surface area contributed by atoms with E-state index in [2.05, 4.69) is 15.0 Å². The van der Waals surface area contributed by atoms with E-state index < -0.39 is 23.0 Å². The zero-order chi connectivity index (χ0) is 15.9. The number of nitrogens with one attached hydrogen (secondary N) is 1. The Morgan fingerprint density at radius 2 is 2.00 bits per heavy atom. The summed E-state index contributed by atoms with van der Waals surface area (Å²) in [6.45, 7) is 0. The van der Waals surface area contributed by atoms with E-state index in [-0.39, 0.29) is 27.3 Å². The Bertz CT molecular complexity index is 925. The molecule has 0 aliphatic carbocycles. The van der Waals surface area contributed by atoms with Crippen molar-refractivity contribution in [2.24, 2.45) is 0 Å². The molecule has 3 aromatic rings. The summed E-state index contributed by atoms with van der Waals surface area (Å²) >= 11 is 1.98. The van der Waals surface area contributed by atoms with Crippen molar-refractivity contribution >= 4 is 38.6 Å². The maximum absolute atomic E-state index is 13.6. The summed E-state index contributed by atoms with van der Waals surface area (Å²) in [5.74, 6) is -4.06. The monoisotopic (exact) mass is 344 g/mol. The number of nitrogen functional groups attached to an aromatic ring is 1. The summed E-state index contributed by atoms with van der Waals surface area (Å²) in [6.07, 6.45) is 0. The van der Waals surface area contributed by atoms with E-state index in [4.69, 9.17) is 5.73 Å². The summed E-state index contributed by atoms with van der Waals surface area (Å²) in [7, 11) is 0. The molecule has 0 aliphatic heterocycles. The Morgan fingerprint density at radius 1 is 1.23 bits per heavy atom. The molecule has 0 bridgehead atoms. The number of rotatable bonds is 3. The number of H-pyrrole nitrogens is 1. The van der Waals surface area contributed by atoms with Crippen LogP contribution in [0.1, 0.15) is 5.56 Å². The van der Waals surface area contributed by atoms with Gasteiger partial charge in [0.25, 0.3) is 5.56 Å². The first-order valence-corrected chi connectivity index (χ1v) is 7.67. The zero-order valence-corrected chi connectivity index (χ0v) is 12.3. The van der Waals surface area contributed by atoms with E-state index >= 15 is 0 Å². The standard InChI is InChI=1S/C12H7F3N4OS2/c13-5-2-1-4(6(14)7(5)15)3-21-12-18-9-8(10(20)19-12)22-11(16)17-9/h1-2H,3H2,(H3,16,17,18,19,20). The Balaban J connectivity index is 1.88. The van der Waals surface area contributed by atoms with Crippen LogP contribution in [-0.2, 0) is 5.75 Å². The molecule has 2 heterocycles. The molecule has 0 saturated heterocycles. The molecule has 22 heavy (non-hydrogen) atoms. The molecule has 2 aromatic heterocycles. The van der Waals surface area contributed by atoms with Gasteiger partial charge in [-0.05, 0) is 6.07 Å². The minimum Gasteiger partial charge on any atom is -0.375 e. The van der Waals surface area contributed by atoms with Crippen molar-refractivity contribution in [3.05, 3.63) is 45.5 Å². The van der Waals surface area contributed by atoms with Crippen LogP contribution in [0.15, 0.2) is 22.1 Å². The minimum absolute atomic E-state index is 0.0307. The molecule has 1 aromatic carbocycles. The number of nitrogens with two attached hydrogens (primary N) is 1. The average Bonchev–Trinajstić information content (AvgIpc) is 2.85. The van der Waals surface area contributed by atoms with E-state index in [1.807, 2.05) is 0 Å². The number of hydrogen-bond acceptors (Lipinski definition) is 6. The van der Waals surface area contributed by atoms with Crippen LogP contribution in [-0.4, -0.2) is 15.0 Å². The van der Waals surface area contributed by atoms with Crippen LogP contribution >= 0.6 is 23.1 Å². The van der Waals surface area contributed by atoms with Crippen molar-refractivity contribution in [1.29, 1.82) is 0 Å². The average molecular weight is 344 g/mol. The Morgan fingerprint density at radius 3 is 2.77 bits per heavy atom. The fraction of sp³-hybridized carbons (Fsp3) is 0.0833. The van der Waals surface area contributed by atoms with Gasteiger partial charge in [-0.1, -0.05) is 29.2 Å². The van der Waals surface area contributed by atoms with Crippen LogP contribution in [0.3, 0.4) is 0 Å². The normalized spacial score (nSPS) is 11.2. The van der Waals surface area contributed by atoms with Crippen LogP contribution < -0.4 is 11.3 Å². The number of fused-ring (bicyclic) bond motifs is 1. The molecule has 0 fully saturated rings. The van der Waals surface area contributed by atoms with Gasteiger partial charge < -0.3 is 10.7 Å². The Kier molecular flexibility index (Phi) is 3.79. The third-order valence-corrected chi connectivity index (χ3v) is 4.53. The lowest BCUT2D eigenvalue weighted by Gasteiger charge is -2.04. The second kappa shape index (κ2) is 5.61. The van der Waals surface area contributed by atoms with Crippen molar-refractivity contribution in [3.63, 3.8) is 0 Å². The maximum Gasteiger partial charge on any atom is 0.271 e. The van der Waals surface area contributed by atoms with Gasteiger partial charge in [0.05, 0.1) is 0 Å². The van der Waals surface area contributed by atoms with Crippen LogP contribution in [0, 0.1) is 17.5 Å². The van der Waals surface area contributed by atoms with Gasteiger partial charge in [0, 0.05) is 11.3 Å². The van der Waals surface area contributed by atoms with Crippen LogP contribution in [0.5, 0.6) is 0 Å². The Hall–Kier alpha value is -2.07. The van der Waals surface area contributed by atoms with Crippen molar-refractivity contribution in [1.82, 2.24) is 15.0 Å². The number of thiazole rings is 1. The smallest absolute Gasteiger partial charge is 0.271 e. The third-order valence-electron chi connectivity index (χ3n) is 2.74. The summed E-state index contributed by atoms with van der Waals surface area (Å²) in [5.41, 5.74) is 5.25. The highest BCUT2D eigenvalue weighted by Crippen LogP contribution is 2.25. The first-order chi connectivity index (χ1) is 10.5. The molecule has 0 saturated carbocycles. The summed E-state index contributed by atoms with van der Waals surface area (Å²) in [5, 5.41) is 0.397. The molecule has 0 spiro atoms. The number of hydrogen-bond donors (Lipinski definition) is 2. The minimum atomic E-state index is -1.53. The van der Waals surface area contributed by atoms with Gasteiger partial charge >= 0.3 is 0 Å². The molecule has 0 aliphatic rings. The molecule has 3 rings (SSSR count). The lowest BCUT2D eigenvalue weighted by Crippen LogP contribution is -2.07. The van der Waals surface area contributed by atoms with E-state index in [0.717, 1.165) is 35.2 Å². The predicted octanol–water partition coefficient (Wildman–Crippen LogP) is 2.67. The first kappa shape index (κ1) is 14.9. The van der Waals surface area contributed by atoms with Crippen molar-refractivity contribution in [2.75, 3.05) is 5.73 Å². The summed E-state index contributed by atoms with van der Waals surface area (Å²) in [6, 6.07) is 1.98. The number of aromatic nitrogens is 3. The van der Waals surface area contributed by atoms with E-state index in [9.17, 15) is 18.0 Å². The van der Waals surface area contributed by atoms with Crippen molar-refractivity contribution in [2.45, 2.75) is 10.9 Å². The number of nitrogens with zero attached hydrogens (tertiary/aromatic N) is 2. The van der Waals surface area contributed by atoms with Crippen molar-refractivity contribution in [3.8, 4) is 0 Å². The number of halogens is 3. The molecule has 3 N–H and O–H groups in total. The van der Waals surface area contributed by atoms with Gasteiger partial charge in [-0.2, -0.15) is 0 Å². The molecule has 5 nitrogen and oxygen atoms in total. The third kappa shape index (κ3) is 2.66. The fourth-order valence-corrected chi connectivity index (χ4v) is 3.22. The van der Waals surface area contributed by atoms with Crippen LogP contribution in [0.2, 0.25) is 0 Å². The van der Waals surface area contributed by atoms with Gasteiger partial charge in [0.15, 0.2) is 33.4 Å². The van der Waals surface area contributed by atoms with Crippen LogP contribution in [0.4, 0.5) is 18.3 Å². The Labute approximate surface area is 129 Å². The van der Waals surface area contributed by atoms with Crippen molar-refractivity contribution < 1.29 is 13.2 Å². The molecule has 0 amide bonds. The van der Waals surface area contributed by atoms with E-state index in [1.54, 1.807) is 0 Å². The van der Waals surface area contributed by atoms with Crippen LogP contribution in [0.25, 0.3) is 10.3 Å². The van der Waals surface area contributed by atoms with E-state index in [0.29, 0.717) is 4.70 Å². The molecular weight excluding hydrogens is 337 g/mol. The highest BCUT2D eigenvalue weighted by atomic mass is 32.2. The molecule has 114 valence electrons. The fourth-order valence-electron chi connectivity index (χ4n) is 1.72. The van der Waals surface area contributed by atoms with Gasteiger partial charge in [0.2, 0.25) is 0 Å². The second-order valence-electron chi connectivity index (χ2n) is 4.20. The summed E-state index contributed by atoms with van der Waals surface area (Å²) < 4.78 is 39.8. The maximum atomic E-state index is 13.6. The highest BCUT2D eigenvalue weighted by molar-refractivity contribution is 7.98. The SMILES string of the molecule is Nc1nc2nc(SCc3ccc(F)c(F)c3F)[nH]c(=O)c2s1. The first-order valence-electron chi connectivity index (χ1n) is 5.87. The van der Waals surface area contributed by atoms with Gasteiger partial charge in [-0.15, -0.1) is 0 Å².